The summed E-state index contributed by atoms with van der Waals surface area (Å²) >= 11 is 0.803. The van der Waals surface area contributed by atoms with Gasteiger partial charge in [-0.2, -0.15) is 13.2 Å². The number of carbonyl (C=O) groups is 2. The number of amides is 2. The third-order valence-corrected chi connectivity index (χ3v) is 10.0. The molecule has 2 saturated heterocycles. The fourth-order valence-electron chi connectivity index (χ4n) is 6.61. The number of thiazole rings is 1. The number of hydrogen-bond acceptors (Lipinski definition) is 10. The van der Waals surface area contributed by atoms with Gasteiger partial charge in [0.2, 0.25) is 5.43 Å². The number of benzene rings is 1. The van der Waals surface area contributed by atoms with Gasteiger partial charge < -0.3 is 24.8 Å². The van der Waals surface area contributed by atoms with Crippen molar-refractivity contribution in [3.8, 4) is 21.7 Å². The second kappa shape index (κ2) is 15.9. The third-order valence-electron chi connectivity index (χ3n) is 9.16. The van der Waals surface area contributed by atoms with Crippen LogP contribution in [0.15, 0.2) is 46.8 Å². The lowest BCUT2D eigenvalue weighted by molar-refractivity contribution is -0.140. The number of likely N-dealkylation sites (tertiary alicyclic amines) is 1. The van der Waals surface area contributed by atoms with Crippen LogP contribution < -0.4 is 21.4 Å². The summed E-state index contributed by atoms with van der Waals surface area (Å²) in [5.41, 5.74) is 0.123. The molecule has 2 aliphatic rings. The van der Waals surface area contributed by atoms with Crippen LogP contribution in [0.1, 0.15) is 36.3 Å². The smallest absolute Gasteiger partial charge is 0.434 e. The van der Waals surface area contributed by atoms with Crippen LogP contribution in [-0.4, -0.2) is 102 Å². The summed E-state index contributed by atoms with van der Waals surface area (Å²) in [6.45, 7) is 12.4. The van der Waals surface area contributed by atoms with E-state index in [4.69, 9.17) is 4.74 Å². The number of anilines is 1. The number of halogens is 3. The van der Waals surface area contributed by atoms with Crippen molar-refractivity contribution in [2.45, 2.75) is 33.0 Å². The number of piperazine rings is 1. The topological polar surface area (TPSA) is 134 Å². The molecular formula is C35H41F3N8O4S. The van der Waals surface area contributed by atoms with Gasteiger partial charge in [0.15, 0.2) is 5.69 Å². The number of ether oxygens (including phenoxy) is 1. The lowest BCUT2D eigenvalue weighted by Gasteiger charge is -2.29. The van der Waals surface area contributed by atoms with E-state index in [2.05, 4.69) is 35.7 Å². The van der Waals surface area contributed by atoms with E-state index in [1.165, 1.54) is 12.3 Å². The van der Waals surface area contributed by atoms with Crippen molar-refractivity contribution in [1.82, 2.24) is 35.0 Å². The first kappa shape index (κ1) is 36.4. The molecule has 2 amide bonds. The molecule has 4 aromatic rings. The van der Waals surface area contributed by atoms with Crippen molar-refractivity contribution >= 4 is 40.1 Å². The molecule has 5 heterocycles. The highest BCUT2D eigenvalue weighted by Crippen LogP contribution is 2.39. The summed E-state index contributed by atoms with van der Waals surface area (Å²) in [4.78, 5) is 52.3. The molecule has 272 valence electrons. The first-order chi connectivity index (χ1) is 24.5. The molecule has 51 heavy (non-hydrogen) atoms. The van der Waals surface area contributed by atoms with Crippen LogP contribution in [0.4, 0.5) is 23.8 Å². The standard InChI is InChI=1S/C35H41F3N8O4S/c1-3-40-34(49)43-30-16-24(32-42-29(21-51-32)35(36,37)38)26(17-41-30)23-5-6-28-25(15-23)31(47)27(33(48)50-4-2)20-46(28)19-22-7-10-45(18-22)14-13-44-11-8-39-9-12-44/h5-6,15-17,20-22,39H,3-4,7-14,18-19H2,1-2H3,(H2,40,41,43,49)/t22-/m0/s1. The van der Waals surface area contributed by atoms with E-state index in [1.54, 1.807) is 38.2 Å². The lowest BCUT2D eigenvalue weighted by Crippen LogP contribution is -2.46. The van der Waals surface area contributed by atoms with Crippen molar-refractivity contribution in [1.29, 1.82) is 0 Å². The fraction of sp³-hybridized carbons (Fsp3) is 0.457. The van der Waals surface area contributed by atoms with Crippen LogP contribution in [0, 0.1) is 5.92 Å². The van der Waals surface area contributed by atoms with E-state index < -0.39 is 29.3 Å². The van der Waals surface area contributed by atoms with Gasteiger partial charge in [-0.25, -0.2) is 19.6 Å². The van der Waals surface area contributed by atoms with E-state index >= 15 is 0 Å². The molecule has 1 atom stereocenters. The number of pyridine rings is 2. The minimum Gasteiger partial charge on any atom is -0.462 e. The maximum absolute atomic E-state index is 13.9. The van der Waals surface area contributed by atoms with Gasteiger partial charge in [-0.15, -0.1) is 11.3 Å². The molecule has 0 bridgehead atoms. The number of aromatic nitrogens is 3. The number of nitrogens with zero attached hydrogens (tertiary/aromatic N) is 5. The van der Waals surface area contributed by atoms with Gasteiger partial charge in [0.05, 0.1) is 12.1 Å². The summed E-state index contributed by atoms with van der Waals surface area (Å²) in [5.74, 6) is -0.324. The highest BCUT2D eigenvalue weighted by molar-refractivity contribution is 7.13. The van der Waals surface area contributed by atoms with E-state index in [1.807, 2.05) is 4.57 Å². The number of nitrogens with one attached hydrogen (secondary N) is 3. The second-order valence-corrected chi connectivity index (χ2v) is 13.5. The average Bonchev–Trinajstić information content (AvgIpc) is 3.80. The molecule has 1 aromatic carbocycles. The Morgan fingerprint density at radius 2 is 1.86 bits per heavy atom. The Balaban J connectivity index is 1.36. The molecule has 0 unspecified atom stereocenters. The first-order valence-corrected chi connectivity index (χ1v) is 18.0. The minimum atomic E-state index is -4.65. The van der Waals surface area contributed by atoms with Gasteiger partial charge in [0, 0.05) is 93.2 Å². The summed E-state index contributed by atoms with van der Waals surface area (Å²) in [7, 11) is 0. The molecule has 0 spiro atoms. The van der Waals surface area contributed by atoms with Crippen LogP contribution in [-0.2, 0) is 17.5 Å². The predicted octanol–water partition coefficient (Wildman–Crippen LogP) is 4.75. The van der Waals surface area contributed by atoms with Crippen LogP contribution in [0.3, 0.4) is 0 Å². The first-order valence-electron chi connectivity index (χ1n) is 17.1. The van der Waals surface area contributed by atoms with Crippen LogP contribution >= 0.6 is 11.3 Å². The van der Waals surface area contributed by atoms with Crippen molar-refractivity contribution in [3.63, 3.8) is 0 Å². The molecule has 12 nitrogen and oxygen atoms in total. The van der Waals surface area contributed by atoms with Crippen molar-refractivity contribution < 1.29 is 27.5 Å². The van der Waals surface area contributed by atoms with Gasteiger partial charge in [-0.1, -0.05) is 6.07 Å². The maximum Gasteiger partial charge on any atom is 0.434 e. The van der Waals surface area contributed by atoms with Crippen LogP contribution in [0.2, 0.25) is 0 Å². The van der Waals surface area contributed by atoms with Crippen molar-refractivity contribution in [2.75, 3.05) is 70.8 Å². The summed E-state index contributed by atoms with van der Waals surface area (Å²) < 4.78 is 47.9. The number of esters is 1. The Hall–Kier alpha value is -4.38. The SMILES string of the molecule is CCNC(=O)Nc1cc(-c2nc(C(F)(F)F)cs2)c(-c2ccc3c(c2)c(=O)c(C(=O)OCC)cn3C[C@H]2CCN(CCN3CCNCC3)C2)cn1. The largest absolute Gasteiger partial charge is 0.462 e. The van der Waals surface area contributed by atoms with Gasteiger partial charge >= 0.3 is 18.2 Å². The summed E-state index contributed by atoms with van der Waals surface area (Å²) in [6.07, 6.45) is -0.674. The Bertz CT molecular complexity index is 1940. The maximum atomic E-state index is 13.9. The molecule has 16 heteroatoms. The molecule has 6 rings (SSSR count). The molecule has 3 aromatic heterocycles. The van der Waals surface area contributed by atoms with E-state index in [0.717, 1.165) is 75.5 Å². The molecule has 0 aliphatic carbocycles. The number of hydrogen-bond donors (Lipinski definition) is 3. The number of urea groups is 1. The van der Waals surface area contributed by atoms with Gasteiger partial charge in [0.1, 0.15) is 16.4 Å². The number of alkyl halides is 3. The van der Waals surface area contributed by atoms with Crippen molar-refractivity contribution in [3.05, 3.63) is 63.5 Å². The van der Waals surface area contributed by atoms with E-state index in [-0.39, 0.29) is 33.9 Å². The number of rotatable bonds is 11. The molecule has 2 fully saturated rings. The summed E-state index contributed by atoms with van der Waals surface area (Å²) in [5, 5.41) is 9.81. The second-order valence-electron chi connectivity index (χ2n) is 12.7. The van der Waals surface area contributed by atoms with Gasteiger partial charge in [0.25, 0.3) is 0 Å². The number of fused-ring (bicyclic) bond motifs is 1. The van der Waals surface area contributed by atoms with Crippen LogP contribution in [0.5, 0.6) is 0 Å². The molecular weight excluding hydrogens is 685 g/mol. The molecule has 0 radical (unpaired) electrons. The highest BCUT2D eigenvalue weighted by atomic mass is 32.1. The zero-order valence-electron chi connectivity index (χ0n) is 28.5. The Morgan fingerprint density at radius 1 is 1.08 bits per heavy atom. The van der Waals surface area contributed by atoms with Crippen LogP contribution in [0.25, 0.3) is 32.6 Å². The summed E-state index contributed by atoms with van der Waals surface area (Å²) in [6, 6.07) is 6.11. The highest BCUT2D eigenvalue weighted by Gasteiger charge is 2.34. The third kappa shape index (κ3) is 8.57. The zero-order chi connectivity index (χ0) is 36.1. The van der Waals surface area contributed by atoms with Gasteiger partial charge in [-0.05, 0) is 56.5 Å². The van der Waals surface area contributed by atoms with Crippen molar-refractivity contribution in [2.24, 2.45) is 5.92 Å². The molecule has 0 saturated carbocycles. The normalized spacial score (nSPS) is 17.2. The van der Waals surface area contributed by atoms with Gasteiger partial charge in [-0.3, -0.25) is 15.0 Å². The van der Waals surface area contributed by atoms with E-state index in [9.17, 15) is 27.6 Å². The Morgan fingerprint density at radius 3 is 2.59 bits per heavy atom. The quantitative estimate of drug-likeness (QED) is 0.187. The zero-order valence-corrected chi connectivity index (χ0v) is 29.3. The monoisotopic (exact) mass is 726 g/mol. The average molecular weight is 727 g/mol. The lowest BCUT2D eigenvalue weighted by atomic mass is 9.99. The minimum absolute atomic E-state index is 0.0548. The fourth-order valence-corrected chi connectivity index (χ4v) is 7.47. The predicted molar refractivity (Wildman–Crippen MR) is 190 cm³/mol. The number of carbonyl (C=O) groups excluding carboxylic acids is 2. The Kier molecular flexibility index (Phi) is 11.3. The molecule has 3 N–H and O–H groups in total. The molecule has 2 aliphatic heterocycles. The van der Waals surface area contributed by atoms with E-state index in [0.29, 0.717) is 35.7 Å². The Labute approximate surface area is 297 Å².